The van der Waals surface area contributed by atoms with Gasteiger partial charge in [0.25, 0.3) is 0 Å². The predicted molar refractivity (Wildman–Crippen MR) is 54.2 cm³/mol. The lowest BCUT2D eigenvalue weighted by Crippen LogP contribution is -2.16. The first-order valence-electron chi connectivity index (χ1n) is 5.04. The van der Waals surface area contributed by atoms with Gasteiger partial charge in [0.15, 0.2) is 0 Å². The quantitative estimate of drug-likeness (QED) is 0.579. The van der Waals surface area contributed by atoms with E-state index in [4.69, 9.17) is 9.47 Å². The summed E-state index contributed by atoms with van der Waals surface area (Å²) in [6.45, 7) is 1.13. The summed E-state index contributed by atoms with van der Waals surface area (Å²) in [6.07, 6.45) is 1.77. The Bertz CT molecular complexity index is 105. The number of hydrogen-bond donors (Lipinski definition) is 2. The van der Waals surface area contributed by atoms with Gasteiger partial charge >= 0.3 is 0 Å². The van der Waals surface area contributed by atoms with Gasteiger partial charge in [0, 0.05) is 27.4 Å². The Balaban J connectivity index is 3.31. The van der Waals surface area contributed by atoms with Crippen LogP contribution in [0.1, 0.15) is 25.7 Å². The van der Waals surface area contributed by atoms with Crippen LogP contribution >= 0.6 is 0 Å². The first-order chi connectivity index (χ1) is 6.70. The van der Waals surface area contributed by atoms with Crippen LogP contribution in [-0.2, 0) is 9.47 Å². The lowest BCUT2D eigenvalue weighted by atomic mass is 10.1. The van der Waals surface area contributed by atoms with Gasteiger partial charge in [-0.1, -0.05) is 0 Å². The smallest absolute Gasteiger partial charge is 0.0563 e. The second-order valence-corrected chi connectivity index (χ2v) is 3.45. The molecule has 2 atom stereocenters. The summed E-state index contributed by atoms with van der Waals surface area (Å²) < 4.78 is 9.68. The third kappa shape index (κ3) is 8.44. The molecule has 2 unspecified atom stereocenters. The Morgan fingerprint density at radius 1 is 0.786 bits per heavy atom. The number of aliphatic hydroxyl groups is 2. The van der Waals surface area contributed by atoms with Crippen LogP contribution in [0.2, 0.25) is 0 Å². The zero-order valence-corrected chi connectivity index (χ0v) is 9.11. The molecule has 0 radical (unpaired) electrons. The molecule has 2 N–H and O–H groups in total. The fourth-order valence-corrected chi connectivity index (χ4v) is 1.18. The van der Waals surface area contributed by atoms with E-state index in [-0.39, 0.29) is 12.2 Å². The highest BCUT2D eigenvalue weighted by Gasteiger charge is 2.08. The first-order valence-corrected chi connectivity index (χ1v) is 5.04. The highest BCUT2D eigenvalue weighted by molar-refractivity contribution is 4.61. The van der Waals surface area contributed by atoms with Gasteiger partial charge in [-0.25, -0.2) is 0 Å². The molecule has 0 aliphatic heterocycles. The van der Waals surface area contributed by atoms with Crippen molar-refractivity contribution < 1.29 is 19.7 Å². The standard InChI is InChI=1S/C10H22O4/c1-13-7-5-9(11)3-4-10(12)6-8-14-2/h9-12H,3-8H2,1-2H3. The van der Waals surface area contributed by atoms with Gasteiger partial charge in [-0.3, -0.25) is 0 Å². The fraction of sp³-hybridized carbons (Fsp3) is 1.00. The molecule has 0 aromatic carbocycles. The van der Waals surface area contributed by atoms with Crippen LogP contribution < -0.4 is 0 Å². The first kappa shape index (κ1) is 13.8. The van der Waals surface area contributed by atoms with Gasteiger partial charge in [0.05, 0.1) is 12.2 Å². The molecule has 4 nitrogen and oxygen atoms in total. The van der Waals surface area contributed by atoms with Crippen LogP contribution in [0.5, 0.6) is 0 Å². The van der Waals surface area contributed by atoms with E-state index in [0.29, 0.717) is 38.9 Å². The van der Waals surface area contributed by atoms with Gasteiger partial charge in [-0.05, 0) is 25.7 Å². The molecule has 0 saturated carbocycles. The van der Waals surface area contributed by atoms with E-state index < -0.39 is 0 Å². The third-order valence-corrected chi connectivity index (χ3v) is 2.14. The molecule has 0 aromatic heterocycles. The molecule has 0 aromatic rings. The van der Waals surface area contributed by atoms with Crippen molar-refractivity contribution in [3.63, 3.8) is 0 Å². The number of rotatable bonds is 9. The number of ether oxygens (including phenoxy) is 2. The third-order valence-electron chi connectivity index (χ3n) is 2.14. The number of aliphatic hydroxyl groups excluding tert-OH is 2. The minimum Gasteiger partial charge on any atom is -0.393 e. The average molecular weight is 206 g/mol. The zero-order chi connectivity index (χ0) is 10.8. The van der Waals surface area contributed by atoms with Gasteiger partial charge < -0.3 is 19.7 Å². The minimum absolute atomic E-state index is 0.368. The maximum Gasteiger partial charge on any atom is 0.0563 e. The molecule has 0 amide bonds. The van der Waals surface area contributed by atoms with Crippen LogP contribution in [0.25, 0.3) is 0 Å². The monoisotopic (exact) mass is 206 g/mol. The Hall–Kier alpha value is -0.160. The van der Waals surface area contributed by atoms with Gasteiger partial charge in [0.1, 0.15) is 0 Å². The highest BCUT2D eigenvalue weighted by Crippen LogP contribution is 2.07. The van der Waals surface area contributed by atoms with Crippen molar-refractivity contribution in [1.82, 2.24) is 0 Å². The number of methoxy groups -OCH3 is 2. The van der Waals surface area contributed by atoms with Crippen molar-refractivity contribution >= 4 is 0 Å². The molecule has 0 saturated heterocycles. The SMILES string of the molecule is COCCC(O)CCC(O)CCOC. The number of hydrogen-bond acceptors (Lipinski definition) is 4. The largest absolute Gasteiger partial charge is 0.393 e. The molecule has 0 bridgehead atoms. The Morgan fingerprint density at radius 2 is 1.14 bits per heavy atom. The molecule has 4 heteroatoms. The minimum atomic E-state index is -0.368. The van der Waals surface area contributed by atoms with Crippen LogP contribution in [0.3, 0.4) is 0 Å². The van der Waals surface area contributed by atoms with E-state index in [9.17, 15) is 10.2 Å². The van der Waals surface area contributed by atoms with Crippen molar-refractivity contribution in [3.05, 3.63) is 0 Å². The van der Waals surface area contributed by atoms with E-state index in [2.05, 4.69) is 0 Å². The van der Waals surface area contributed by atoms with Gasteiger partial charge in [-0.15, -0.1) is 0 Å². The van der Waals surface area contributed by atoms with Crippen molar-refractivity contribution in [1.29, 1.82) is 0 Å². The van der Waals surface area contributed by atoms with E-state index >= 15 is 0 Å². The summed E-state index contributed by atoms with van der Waals surface area (Å²) in [5, 5.41) is 18.9. The van der Waals surface area contributed by atoms with Crippen LogP contribution in [-0.4, -0.2) is 49.9 Å². The average Bonchev–Trinajstić information content (AvgIpc) is 2.20. The fourth-order valence-electron chi connectivity index (χ4n) is 1.18. The molecule has 0 heterocycles. The van der Waals surface area contributed by atoms with Crippen molar-refractivity contribution in [2.75, 3.05) is 27.4 Å². The molecule has 0 spiro atoms. The van der Waals surface area contributed by atoms with Gasteiger partial charge in [-0.2, -0.15) is 0 Å². The van der Waals surface area contributed by atoms with Gasteiger partial charge in [0.2, 0.25) is 0 Å². The molecular formula is C10H22O4. The topological polar surface area (TPSA) is 58.9 Å². The summed E-state index contributed by atoms with van der Waals surface area (Å²) in [5.41, 5.74) is 0. The molecule has 0 fully saturated rings. The molecule has 0 aliphatic carbocycles. The normalized spacial score (nSPS) is 15.4. The van der Waals surface area contributed by atoms with E-state index in [1.165, 1.54) is 0 Å². The highest BCUT2D eigenvalue weighted by atomic mass is 16.5. The second-order valence-electron chi connectivity index (χ2n) is 3.45. The maximum absolute atomic E-state index is 9.43. The Kier molecular flexibility index (Phi) is 9.29. The van der Waals surface area contributed by atoms with Crippen LogP contribution in [0.15, 0.2) is 0 Å². The summed E-state index contributed by atoms with van der Waals surface area (Å²) in [6, 6.07) is 0. The second kappa shape index (κ2) is 9.40. The summed E-state index contributed by atoms with van der Waals surface area (Å²) in [4.78, 5) is 0. The predicted octanol–water partition coefficient (Wildman–Crippen LogP) is 0.561. The molecule has 0 aliphatic rings. The van der Waals surface area contributed by atoms with Crippen molar-refractivity contribution in [2.45, 2.75) is 37.9 Å². The molecular weight excluding hydrogens is 184 g/mol. The van der Waals surface area contributed by atoms with Crippen molar-refractivity contribution in [3.8, 4) is 0 Å². The molecule has 86 valence electrons. The summed E-state index contributed by atoms with van der Waals surface area (Å²) in [7, 11) is 3.22. The van der Waals surface area contributed by atoms with Crippen LogP contribution in [0.4, 0.5) is 0 Å². The lowest BCUT2D eigenvalue weighted by molar-refractivity contribution is 0.0685. The zero-order valence-electron chi connectivity index (χ0n) is 9.11. The van der Waals surface area contributed by atoms with Crippen LogP contribution in [0, 0.1) is 0 Å². The van der Waals surface area contributed by atoms with E-state index in [1.807, 2.05) is 0 Å². The molecule has 14 heavy (non-hydrogen) atoms. The lowest BCUT2D eigenvalue weighted by Gasteiger charge is -2.13. The Labute approximate surface area is 85.8 Å². The summed E-state index contributed by atoms with van der Waals surface area (Å²) in [5.74, 6) is 0. The maximum atomic E-state index is 9.43. The summed E-state index contributed by atoms with van der Waals surface area (Å²) >= 11 is 0. The van der Waals surface area contributed by atoms with E-state index in [1.54, 1.807) is 14.2 Å². The molecule has 0 rings (SSSR count). The van der Waals surface area contributed by atoms with E-state index in [0.717, 1.165) is 0 Å². The van der Waals surface area contributed by atoms with Crippen molar-refractivity contribution in [2.24, 2.45) is 0 Å². The Morgan fingerprint density at radius 3 is 1.43 bits per heavy atom.